The molecule has 0 aliphatic heterocycles. The minimum absolute atomic E-state index is 0.117. The second kappa shape index (κ2) is 4.69. The Balaban J connectivity index is 2.12. The molecule has 1 saturated carbocycles. The number of benzene rings is 1. The van der Waals surface area contributed by atoms with E-state index < -0.39 is 5.41 Å². The Morgan fingerprint density at radius 2 is 2.06 bits per heavy atom. The summed E-state index contributed by atoms with van der Waals surface area (Å²) in [5.41, 5.74) is 0.0119. The quantitative estimate of drug-likeness (QED) is 0.817. The van der Waals surface area contributed by atoms with Gasteiger partial charge in [0.25, 0.3) is 0 Å². The van der Waals surface area contributed by atoms with Crippen molar-refractivity contribution < 1.29 is 9.53 Å². The van der Waals surface area contributed by atoms with Gasteiger partial charge in [-0.05, 0) is 44.0 Å². The Bertz CT molecular complexity index is 484. The third kappa shape index (κ3) is 2.17. The highest BCUT2D eigenvalue weighted by atomic mass is 16.5. The first-order valence-corrected chi connectivity index (χ1v) is 6.05. The smallest absolute Gasteiger partial charge is 0.247 e. The van der Waals surface area contributed by atoms with E-state index in [4.69, 9.17) is 10.00 Å². The molecule has 0 heterocycles. The Morgan fingerprint density at radius 1 is 1.44 bits per heavy atom. The first kappa shape index (κ1) is 12.4. The van der Waals surface area contributed by atoms with Crippen LogP contribution < -0.4 is 9.64 Å². The predicted octanol–water partition coefficient (Wildman–Crippen LogP) is 2.35. The third-order valence-corrected chi connectivity index (χ3v) is 3.21. The van der Waals surface area contributed by atoms with E-state index in [2.05, 4.69) is 6.07 Å². The third-order valence-electron chi connectivity index (χ3n) is 3.21. The molecule has 0 aromatic heterocycles. The summed E-state index contributed by atoms with van der Waals surface area (Å²) in [5, 5.41) is 9.02. The van der Waals surface area contributed by atoms with Crippen LogP contribution in [0.2, 0.25) is 0 Å². The normalized spacial score (nSPS) is 15.6. The van der Waals surface area contributed by atoms with Crippen molar-refractivity contribution in [2.45, 2.75) is 19.8 Å². The molecule has 4 nitrogen and oxygen atoms in total. The topological polar surface area (TPSA) is 53.3 Å². The van der Waals surface area contributed by atoms with E-state index in [1.165, 1.54) is 0 Å². The van der Waals surface area contributed by atoms with Gasteiger partial charge >= 0.3 is 0 Å². The summed E-state index contributed by atoms with van der Waals surface area (Å²) in [4.78, 5) is 13.7. The Labute approximate surface area is 107 Å². The van der Waals surface area contributed by atoms with Gasteiger partial charge in [0.2, 0.25) is 5.91 Å². The molecule has 1 amide bonds. The fourth-order valence-corrected chi connectivity index (χ4v) is 1.87. The van der Waals surface area contributed by atoms with Crippen LogP contribution in [0.3, 0.4) is 0 Å². The number of hydrogen-bond donors (Lipinski definition) is 0. The summed E-state index contributed by atoms with van der Waals surface area (Å²) >= 11 is 0. The average molecular weight is 244 g/mol. The zero-order valence-corrected chi connectivity index (χ0v) is 10.6. The minimum atomic E-state index is -0.770. The summed E-state index contributed by atoms with van der Waals surface area (Å²) in [5.74, 6) is 0.665. The molecule has 1 aromatic carbocycles. The lowest BCUT2D eigenvalue weighted by Crippen LogP contribution is -2.33. The lowest BCUT2D eigenvalue weighted by atomic mass is 10.1. The molecule has 1 aliphatic rings. The maximum absolute atomic E-state index is 12.1. The number of nitrogens with zero attached hydrogens (tertiary/aromatic N) is 2. The summed E-state index contributed by atoms with van der Waals surface area (Å²) in [6, 6.07) is 9.43. The van der Waals surface area contributed by atoms with Crippen molar-refractivity contribution in [2.75, 3.05) is 18.6 Å². The fourth-order valence-electron chi connectivity index (χ4n) is 1.87. The minimum Gasteiger partial charge on any atom is -0.494 e. The SMILES string of the molecule is CCOc1ccc(N(C)C(=O)C2(C#N)CC2)cc1. The number of carbonyl (C=O) groups is 1. The Hall–Kier alpha value is -2.02. The molecule has 0 spiro atoms. The second-order valence-electron chi connectivity index (χ2n) is 4.48. The van der Waals surface area contributed by atoms with Gasteiger partial charge in [0.05, 0.1) is 12.7 Å². The Kier molecular flexibility index (Phi) is 3.24. The van der Waals surface area contributed by atoms with Crippen LogP contribution in [-0.4, -0.2) is 19.6 Å². The van der Waals surface area contributed by atoms with E-state index >= 15 is 0 Å². The molecule has 0 N–H and O–H groups in total. The van der Waals surface area contributed by atoms with Crippen molar-refractivity contribution in [3.8, 4) is 11.8 Å². The number of hydrogen-bond acceptors (Lipinski definition) is 3. The number of carbonyl (C=O) groups excluding carboxylic acids is 1. The van der Waals surface area contributed by atoms with E-state index in [0.29, 0.717) is 19.4 Å². The van der Waals surface area contributed by atoms with Crippen LogP contribution in [-0.2, 0) is 4.79 Å². The van der Waals surface area contributed by atoms with Gasteiger partial charge in [0.1, 0.15) is 11.2 Å². The molecule has 0 bridgehead atoms. The molecule has 2 rings (SSSR count). The lowest BCUT2D eigenvalue weighted by Gasteiger charge is -2.20. The number of ether oxygens (including phenoxy) is 1. The summed E-state index contributed by atoms with van der Waals surface area (Å²) in [6.45, 7) is 2.54. The molecule has 94 valence electrons. The van der Waals surface area contributed by atoms with Crippen molar-refractivity contribution in [2.24, 2.45) is 5.41 Å². The van der Waals surface area contributed by atoms with Gasteiger partial charge in [-0.1, -0.05) is 0 Å². The maximum Gasteiger partial charge on any atom is 0.247 e. The van der Waals surface area contributed by atoms with Crippen LogP contribution in [0.1, 0.15) is 19.8 Å². The van der Waals surface area contributed by atoms with Crippen molar-refractivity contribution in [3.63, 3.8) is 0 Å². The van der Waals surface area contributed by atoms with Crippen LogP contribution >= 0.6 is 0 Å². The highest BCUT2D eigenvalue weighted by Gasteiger charge is 2.52. The first-order valence-electron chi connectivity index (χ1n) is 6.05. The van der Waals surface area contributed by atoms with E-state index in [9.17, 15) is 4.79 Å². The largest absolute Gasteiger partial charge is 0.494 e. The van der Waals surface area contributed by atoms with Crippen LogP contribution in [0.25, 0.3) is 0 Å². The summed E-state index contributed by atoms with van der Waals surface area (Å²) in [6.07, 6.45) is 1.34. The predicted molar refractivity (Wildman–Crippen MR) is 68.3 cm³/mol. The average Bonchev–Trinajstić information content (AvgIpc) is 3.19. The molecule has 18 heavy (non-hydrogen) atoms. The number of anilines is 1. The Morgan fingerprint density at radius 3 is 2.50 bits per heavy atom. The zero-order valence-electron chi connectivity index (χ0n) is 10.6. The van der Waals surface area contributed by atoms with Gasteiger partial charge in [-0.3, -0.25) is 4.79 Å². The van der Waals surface area contributed by atoms with Crippen molar-refractivity contribution in [1.29, 1.82) is 5.26 Å². The number of nitriles is 1. The van der Waals surface area contributed by atoms with Crippen LogP contribution in [0, 0.1) is 16.7 Å². The highest BCUT2D eigenvalue weighted by Crippen LogP contribution is 2.46. The molecule has 0 atom stereocenters. The molecule has 0 saturated heterocycles. The van der Waals surface area contributed by atoms with Crippen LogP contribution in [0.15, 0.2) is 24.3 Å². The maximum atomic E-state index is 12.1. The molecule has 1 aliphatic carbocycles. The van der Waals surface area contributed by atoms with Crippen molar-refractivity contribution in [1.82, 2.24) is 0 Å². The second-order valence-corrected chi connectivity index (χ2v) is 4.48. The zero-order chi connectivity index (χ0) is 13.2. The summed E-state index contributed by atoms with van der Waals surface area (Å²) in [7, 11) is 1.70. The molecule has 0 radical (unpaired) electrons. The van der Waals surface area contributed by atoms with Gasteiger partial charge < -0.3 is 9.64 Å². The molecule has 4 heteroatoms. The van der Waals surface area contributed by atoms with Crippen molar-refractivity contribution >= 4 is 11.6 Å². The van der Waals surface area contributed by atoms with E-state index in [0.717, 1.165) is 11.4 Å². The lowest BCUT2D eigenvalue weighted by molar-refractivity contribution is -0.121. The number of rotatable bonds is 4. The van der Waals surface area contributed by atoms with E-state index in [1.807, 2.05) is 31.2 Å². The first-order chi connectivity index (χ1) is 8.63. The van der Waals surface area contributed by atoms with Gasteiger partial charge in [-0.25, -0.2) is 0 Å². The number of amides is 1. The standard InChI is InChI=1S/C14H16N2O2/c1-3-18-12-6-4-11(5-7-12)16(2)13(17)14(10-15)8-9-14/h4-7H,3,8-9H2,1-2H3. The van der Waals surface area contributed by atoms with Crippen LogP contribution in [0.4, 0.5) is 5.69 Å². The van der Waals surface area contributed by atoms with Crippen LogP contribution in [0.5, 0.6) is 5.75 Å². The molecule has 1 fully saturated rings. The van der Waals surface area contributed by atoms with E-state index in [1.54, 1.807) is 11.9 Å². The summed E-state index contributed by atoms with van der Waals surface area (Å²) < 4.78 is 5.35. The molecule has 1 aromatic rings. The highest BCUT2D eigenvalue weighted by molar-refractivity contribution is 6.00. The van der Waals surface area contributed by atoms with E-state index in [-0.39, 0.29) is 5.91 Å². The fraction of sp³-hybridized carbons (Fsp3) is 0.429. The monoisotopic (exact) mass is 244 g/mol. The molecular weight excluding hydrogens is 228 g/mol. The van der Waals surface area contributed by atoms with Crippen molar-refractivity contribution in [3.05, 3.63) is 24.3 Å². The van der Waals surface area contributed by atoms with Gasteiger partial charge in [0, 0.05) is 12.7 Å². The van der Waals surface area contributed by atoms with Gasteiger partial charge in [-0.15, -0.1) is 0 Å². The molecule has 0 unspecified atom stereocenters. The van der Waals surface area contributed by atoms with Gasteiger partial charge in [-0.2, -0.15) is 5.26 Å². The molecular formula is C14H16N2O2. The van der Waals surface area contributed by atoms with Gasteiger partial charge in [0.15, 0.2) is 0 Å².